The van der Waals surface area contributed by atoms with Gasteiger partial charge in [-0.1, -0.05) is 56.3 Å². The summed E-state index contributed by atoms with van der Waals surface area (Å²) in [4.78, 5) is 67.4. The van der Waals surface area contributed by atoms with Crippen molar-refractivity contribution in [2.24, 2.45) is 0 Å². The van der Waals surface area contributed by atoms with Gasteiger partial charge >= 0.3 is 11.4 Å². The molecule has 2 heterocycles. The first kappa shape index (κ1) is 34.2. The number of H-pyrrole nitrogens is 3. The molecule has 47 heavy (non-hydrogen) atoms. The Morgan fingerprint density at radius 3 is 1.70 bits per heavy atom. The van der Waals surface area contributed by atoms with Gasteiger partial charge in [0.1, 0.15) is 11.5 Å². The molecule has 0 atom stereocenters. The summed E-state index contributed by atoms with van der Waals surface area (Å²) in [6.07, 6.45) is 0.835. The lowest BCUT2D eigenvalue weighted by atomic mass is 10.1. The van der Waals surface area contributed by atoms with Crippen LogP contribution in [0, 0.1) is 27.7 Å². The van der Waals surface area contributed by atoms with Crippen molar-refractivity contribution in [2.45, 2.75) is 60.9 Å². The molecule has 11 nitrogen and oxygen atoms in total. The van der Waals surface area contributed by atoms with E-state index in [0.29, 0.717) is 41.0 Å². The molecule has 0 saturated heterocycles. The fourth-order valence-electron chi connectivity index (χ4n) is 5.14. The number of nitrogens with zero attached hydrogens (tertiary/aromatic N) is 1. The maximum Gasteiger partial charge on any atom is 0.331 e. The molecule has 5 rings (SSSR count). The molecule has 0 radical (unpaired) electrons. The normalized spacial score (nSPS) is 10.6. The Kier molecular flexibility index (Phi) is 10.9. The summed E-state index contributed by atoms with van der Waals surface area (Å²) in [6.45, 7) is 11.2. The quantitative estimate of drug-likeness (QED) is 0.182. The number of aryl methyl sites for hydroxylation is 4. The van der Waals surface area contributed by atoms with Gasteiger partial charge in [-0.15, -0.1) is 0 Å². The molecule has 3 aromatic carbocycles. The number of hydrogen-bond acceptors (Lipinski definition) is 7. The molecule has 0 amide bonds. The molecule has 3 N–H and O–H groups in total. The number of nitrogens with one attached hydrogen (secondary N) is 3. The van der Waals surface area contributed by atoms with Gasteiger partial charge in [-0.2, -0.15) is 0 Å². The average molecular weight is 639 g/mol. The van der Waals surface area contributed by atoms with E-state index in [0.717, 1.165) is 22.3 Å². The number of carbonyl (C=O) groups excluding carboxylic acids is 1. The van der Waals surface area contributed by atoms with Gasteiger partial charge in [-0.3, -0.25) is 33.9 Å². The van der Waals surface area contributed by atoms with E-state index < -0.39 is 22.5 Å². The van der Waals surface area contributed by atoms with Crippen LogP contribution >= 0.6 is 0 Å². The van der Waals surface area contributed by atoms with Crippen LogP contribution in [0.4, 0.5) is 0 Å². The molecule has 0 aliphatic heterocycles. The number of rotatable bonds is 9. The molecule has 0 spiro atoms. The van der Waals surface area contributed by atoms with Crippen LogP contribution in [0.2, 0.25) is 0 Å². The van der Waals surface area contributed by atoms with E-state index in [2.05, 4.69) is 15.0 Å². The summed E-state index contributed by atoms with van der Waals surface area (Å²) in [6, 6.07) is 20.1. The van der Waals surface area contributed by atoms with Gasteiger partial charge in [0.25, 0.3) is 11.1 Å². The Balaban J connectivity index is 0.000000229. The van der Waals surface area contributed by atoms with Crippen LogP contribution in [0.25, 0.3) is 0 Å². The van der Waals surface area contributed by atoms with Gasteiger partial charge in [0, 0.05) is 5.56 Å². The minimum Gasteiger partial charge on any atom is -0.440 e. The van der Waals surface area contributed by atoms with E-state index in [4.69, 9.17) is 9.47 Å². The van der Waals surface area contributed by atoms with Crippen molar-refractivity contribution >= 4 is 5.78 Å². The Morgan fingerprint density at radius 1 is 0.660 bits per heavy atom. The molecule has 0 unspecified atom stereocenters. The third-order valence-corrected chi connectivity index (χ3v) is 7.17. The molecule has 5 aromatic rings. The van der Waals surface area contributed by atoms with Crippen molar-refractivity contribution in [1.29, 1.82) is 0 Å². The minimum atomic E-state index is -0.675. The van der Waals surface area contributed by atoms with Gasteiger partial charge in [-0.05, 0) is 87.1 Å². The highest BCUT2D eigenvalue weighted by atomic mass is 16.5. The largest absolute Gasteiger partial charge is 0.440 e. The van der Waals surface area contributed by atoms with Gasteiger partial charge < -0.3 is 9.47 Å². The Labute approximate surface area is 270 Å². The van der Waals surface area contributed by atoms with Crippen molar-refractivity contribution in [1.82, 2.24) is 19.5 Å². The van der Waals surface area contributed by atoms with Crippen LogP contribution in [0.3, 0.4) is 0 Å². The molecule has 0 bridgehead atoms. The first-order chi connectivity index (χ1) is 22.4. The summed E-state index contributed by atoms with van der Waals surface area (Å²) in [5, 5.41) is 0. The highest BCUT2D eigenvalue weighted by Gasteiger charge is 2.19. The first-order valence-corrected chi connectivity index (χ1v) is 15.2. The van der Waals surface area contributed by atoms with E-state index in [1.165, 1.54) is 4.57 Å². The topological polar surface area (TPSA) is 156 Å². The predicted octanol–water partition coefficient (Wildman–Crippen LogP) is 5.43. The SMILES string of the molecule is CCc1c(Oc2cc(C)cc(C)c2)[nH]c(=O)[nH]c1=O.CCc1c(Oc2cc(C)cc(C)c2)n(CC(=O)c2ccccc2)c(=O)[nH]c1=O. The Hall–Kier alpha value is -5.71. The fraction of sp³-hybridized carbons (Fsp3) is 0.250. The maximum absolute atomic E-state index is 12.7. The van der Waals surface area contributed by atoms with Crippen molar-refractivity contribution in [3.05, 3.63) is 147 Å². The lowest BCUT2D eigenvalue weighted by molar-refractivity contribution is 0.0966. The highest BCUT2D eigenvalue weighted by molar-refractivity contribution is 5.95. The first-order valence-electron chi connectivity index (χ1n) is 15.2. The molecule has 2 aromatic heterocycles. The molecule has 0 aliphatic rings. The van der Waals surface area contributed by atoms with Gasteiger partial charge in [0.2, 0.25) is 11.8 Å². The molecule has 0 aliphatic carbocycles. The van der Waals surface area contributed by atoms with Crippen LogP contribution in [0.5, 0.6) is 23.3 Å². The van der Waals surface area contributed by atoms with Crippen LogP contribution in [-0.2, 0) is 19.4 Å². The lowest BCUT2D eigenvalue weighted by Crippen LogP contribution is -2.35. The van der Waals surface area contributed by atoms with Crippen molar-refractivity contribution in [3.63, 3.8) is 0 Å². The van der Waals surface area contributed by atoms with Crippen LogP contribution in [0.1, 0.15) is 57.6 Å². The summed E-state index contributed by atoms with van der Waals surface area (Å²) in [5.41, 5.74) is 3.17. The summed E-state index contributed by atoms with van der Waals surface area (Å²) >= 11 is 0. The fourth-order valence-corrected chi connectivity index (χ4v) is 5.14. The standard InChI is InChI=1S/C22H22N2O4.C14H16N2O3/c1-4-18-20(26)23-22(27)24(13-19(25)16-8-6-5-7-9-16)21(18)28-17-11-14(2)10-15(3)12-17;1-4-11-12(17)15-14(18)16-13(11)19-10-6-8(2)5-9(3)7-10/h5-12H,4,13H2,1-3H3,(H,23,26,27);5-7H,4H2,1-3H3,(H2,15,16,17,18). The second kappa shape index (κ2) is 15.0. The number of aromatic nitrogens is 4. The molecule has 11 heteroatoms. The zero-order valence-corrected chi connectivity index (χ0v) is 27.3. The van der Waals surface area contributed by atoms with E-state index in [1.807, 2.05) is 77.1 Å². The lowest BCUT2D eigenvalue weighted by Gasteiger charge is -2.16. The summed E-state index contributed by atoms with van der Waals surface area (Å²) in [5.74, 6) is 1.18. The third kappa shape index (κ3) is 8.72. The number of aromatic amines is 3. The van der Waals surface area contributed by atoms with Gasteiger partial charge in [0.15, 0.2) is 5.78 Å². The second-order valence-electron chi connectivity index (χ2n) is 11.2. The number of hydrogen-bond donors (Lipinski definition) is 3. The number of ketones is 1. The maximum atomic E-state index is 12.7. The van der Waals surface area contributed by atoms with E-state index in [1.54, 1.807) is 31.2 Å². The van der Waals surface area contributed by atoms with Crippen LogP contribution in [0.15, 0.2) is 85.9 Å². The Morgan fingerprint density at radius 2 is 1.17 bits per heavy atom. The highest BCUT2D eigenvalue weighted by Crippen LogP contribution is 2.26. The van der Waals surface area contributed by atoms with Crippen molar-refractivity contribution in [3.8, 4) is 23.3 Å². The van der Waals surface area contributed by atoms with Gasteiger partial charge in [0.05, 0.1) is 17.7 Å². The third-order valence-electron chi connectivity index (χ3n) is 7.17. The van der Waals surface area contributed by atoms with Crippen LogP contribution in [-0.4, -0.2) is 25.3 Å². The van der Waals surface area contributed by atoms with Crippen molar-refractivity contribution < 1.29 is 14.3 Å². The molecular formula is C36H38N4O7. The number of carbonyl (C=O) groups is 1. The monoisotopic (exact) mass is 638 g/mol. The minimum absolute atomic E-state index is 0.102. The van der Waals surface area contributed by atoms with Crippen molar-refractivity contribution in [2.75, 3.05) is 0 Å². The zero-order chi connectivity index (χ0) is 34.2. The molecular weight excluding hydrogens is 600 g/mol. The summed E-state index contributed by atoms with van der Waals surface area (Å²) in [7, 11) is 0. The van der Waals surface area contributed by atoms with Gasteiger partial charge in [-0.25, -0.2) is 9.59 Å². The molecule has 0 saturated carbocycles. The molecule has 0 fully saturated rings. The average Bonchev–Trinajstić information content (AvgIpc) is 2.99. The van der Waals surface area contributed by atoms with E-state index in [-0.39, 0.29) is 24.1 Å². The zero-order valence-electron chi connectivity index (χ0n) is 27.3. The number of ether oxygens (including phenoxy) is 2. The van der Waals surface area contributed by atoms with E-state index >= 15 is 0 Å². The summed E-state index contributed by atoms with van der Waals surface area (Å²) < 4.78 is 12.8. The molecule has 244 valence electrons. The second-order valence-corrected chi connectivity index (χ2v) is 11.2. The van der Waals surface area contributed by atoms with Crippen LogP contribution < -0.4 is 32.0 Å². The Bertz CT molecular complexity index is 2100. The van der Waals surface area contributed by atoms with E-state index in [9.17, 15) is 24.0 Å². The number of Topliss-reactive ketones (excluding diaryl/α,β-unsaturated/α-hetero) is 1. The predicted molar refractivity (Wildman–Crippen MR) is 181 cm³/mol. The number of benzene rings is 3. The smallest absolute Gasteiger partial charge is 0.331 e.